The van der Waals surface area contributed by atoms with Crippen molar-refractivity contribution in [3.05, 3.63) is 87.8 Å². The van der Waals surface area contributed by atoms with Crippen molar-refractivity contribution in [2.75, 3.05) is 38.6 Å². The molecule has 1 aliphatic heterocycles. The predicted octanol–water partition coefficient (Wildman–Crippen LogP) is 5.13. The summed E-state index contributed by atoms with van der Waals surface area (Å²) in [5, 5.41) is 4.90. The molecule has 0 bridgehead atoms. The van der Waals surface area contributed by atoms with Crippen molar-refractivity contribution in [3.8, 4) is 0 Å². The molecule has 1 aliphatic carbocycles. The molecule has 0 unspecified atom stereocenters. The van der Waals surface area contributed by atoms with Crippen LogP contribution in [0.3, 0.4) is 0 Å². The lowest BCUT2D eigenvalue weighted by molar-refractivity contribution is 0.0601. The van der Waals surface area contributed by atoms with Crippen LogP contribution in [-0.2, 0) is 17.6 Å². The number of nitrogens with one attached hydrogen (secondary N) is 1. The summed E-state index contributed by atoms with van der Waals surface area (Å²) in [6.07, 6.45) is 3.06. The van der Waals surface area contributed by atoms with Gasteiger partial charge in [0.15, 0.2) is 5.11 Å². The summed E-state index contributed by atoms with van der Waals surface area (Å²) < 4.78 is 5.08. The molecule has 2 heterocycles. The first-order chi connectivity index (χ1) is 16.7. The lowest BCUT2D eigenvalue weighted by atomic mass is 9.96. The van der Waals surface area contributed by atoms with Gasteiger partial charge in [-0.05, 0) is 48.2 Å². The van der Waals surface area contributed by atoms with E-state index >= 15 is 0 Å². The fourth-order valence-corrected chi connectivity index (χ4v) is 6.68. The molecular weight excluding hydrogens is 462 g/mol. The molecule has 5 nitrogen and oxygen atoms in total. The third kappa shape index (κ3) is 4.60. The molecule has 1 N–H and O–H groups in total. The number of thiophene rings is 1. The molecular formula is C27H29N3O2S2. The summed E-state index contributed by atoms with van der Waals surface area (Å²) in [4.78, 5) is 18.5. The van der Waals surface area contributed by atoms with E-state index in [9.17, 15) is 4.79 Å². The van der Waals surface area contributed by atoms with Crippen molar-refractivity contribution in [3.63, 3.8) is 0 Å². The van der Waals surface area contributed by atoms with Crippen LogP contribution in [-0.4, -0.2) is 54.2 Å². The minimum absolute atomic E-state index is 0.220. The Morgan fingerprint density at radius 2 is 1.59 bits per heavy atom. The number of hydrogen-bond acceptors (Lipinski definition) is 5. The Morgan fingerprint density at radius 3 is 2.18 bits per heavy atom. The molecule has 0 atom stereocenters. The third-order valence-corrected chi connectivity index (χ3v) is 8.30. The predicted molar refractivity (Wildman–Crippen MR) is 142 cm³/mol. The van der Waals surface area contributed by atoms with E-state index in [0.29, 0.717) is 10.7 Å². The molecule has 0 radical (unpaired) electrons. The SMILES string of the molecule is COC(=O)c1c(NC(=S)N2CCN(C(c3ccccc3)c3ccccc3)CC2)sc2c1CCC2. The Labute approximate surface area is 210 Å². The molecule has 176 valence electrons. The van der Waals surface area contributed by atoms with Crippen molar-refractivity contribution >= 4 is 39.6 Å². The largest absolute Gasteiger partial charge is 0.465 e. The number of hydrogen-bond donors (Lipinski definition) is 1. The summed E-state index contributed by atoms with van der Waals surface area (Å²) in [5.41, 5.74) is 4.42. The first kappa shape index (κ1) is 23.0. The van der Waals surface area contributed by atoms with E-state index in [0.717, 1.165) is 56.0 Å². The Balaban J connectivity index is 1.29. The monoisotopic (exact) mass is 491 g/mol. The number of benzene rings is 2. The Bertz CT molecular complexity index is 1120. The minimum Gasteiger partial charge on any atom is -0.465 e. The summed E-state index contributed by atoms with van der Waals surface area (Å²) in [5.74, 6) is -0.275. The van der Waals surface area contributed by atoms with Crippen LogP contribution in [0.15, 0.2) is 60.7 Å². The van der Waals surface area contributed by atoms with E-state index in [1.54, 1.807) is 11.3 Å². The zero-order valence-corrected chi connectivity index (χ0v) is 21.0. The fraction of sp³-hybridized carbons (Fsp3) is 0.333. The molecule has 7 heteroatoms. The highest BCUT2D eigenvalue weighted by Crippen LogP contribution is 2.39. The normalized spacial score (nSPS) is 15.9. The van der Waals surface area contributed by atoms with Gasteiger partial charge < -0.3 is 15.0 Å². The van der Waals surface area contributed by atoms with Gasteiger partial charge in [-0.2, -0.15) is 0 Å². The highest BCUT2D eigenvalue weighted by atomic mass is 32.1. The minimum atomic E-state index is -0.275. The second kappa shape index (κ2) is 10.3. The number of fused-ring (bicyclic) bond motifs is 1. The molecule has 1 saturated heterocycles. The fourth-order valence-electron chi connectivity index (χ4n) is 5.05. The number of rotatable bonds is 5. The molecule has 1 aromatic heterocycles. The highest BCUT2D eigenvalue weighted by molar-refractivity contribution is 7.80. The van der Waals surface area contributed by atoms with E-state index < -0.39 is 0 Å². The van der Waals surface area contributed by atoms with Gasteiger partial charge in [0, 0.05) is 31.1 Å². The molecule has 2 aliphatic rings. The number of methoxy groups -OCH3 is 1. The maximum absolute atomic E-state index is 12.5. The number of aryl methyl sites for hydroxylation is 1. The number of piperazine rings is 1. The van der Waals surface area contributed by atoms with Gasteiger partial charge in [-0.25, -0.2) is 4.79 Å². The van der Waals surface area contributed by atoms with Gasteiger partial charge in [0.05, 0.1) is 18.7 Å². The summed E-state index contributed by atoms with van der Waals surface area (Å²) >= 11 is 7.44. The smallest absolute Gasteiger partial charge is 0.341 e. The number of nitrogens with zero attached hydrogens (tertiary/aromatic N) is 2. The lowest BCUT2D eigenvalue weighted by Crippen LogP contribution is -2.51. The van der Waals surface area contributed by atoms with E-state index in [1.807, 2.05) is 0 Å². The first-order valence-corrected chi connectivity index (χ1v) is 13.0. The van der Waals surface area contributed by atoms with Crippen LogP contribution >= 0.6 is 23.6 Å². The van der Waals surface area contributed by atoms with Crippen LogP contribution in [0.25, 0.3) is 0 Å². The van der Waals surface area contributed by atoms with Crippen molar-refractivity contribution in [1.82, 2.24) is 9.80 Å². The van der Waals surface area contributed by atoms with Crippen molar-refractivity contribution in [2.45, 2.75) is 25.3 Å². The second-order valence-electron chi connectivity index (χ2n) is 8.73. The number of anilines is 1. The number of carbonyl (C=O) groups excluding carboxylic acids is 1. The van der Waals surface area contributed by atoms with Gasteiger partial charge in [0.25, 0.3) is 0 Å². The van der Waals surface area contributed by atoms with E-state index in [2.05, 4.69) is 75.8 Å². The number of thiocarbonyl (C=S) groups is 1. The van der Waals surface area contributed by atoms with Crippen LogP contribution in [0.4, 0.5) is 5.00 Å². The maximum Gasteiger partial charge on any atom is 0.341 e. The first-order valence-electron chi connectivity index (χ1n) is 11.8. The van der Waals surface area contributed by atoms with Gasteiger partial charge in [-0.1, -0.05) is 60.7 Å². The van der Waals surface area contributed by atoms with E-state index in [1.165, 1.54) is 23.1 Å². The molecule has 2 aromatic carbocycles. The van der Waals surface area contributed by atoms with E-state index in [4.69, 9.17) is 17.0 Å². The molecule has 0 saturated carbocycles. The molecule has 34 heavy (non-hydrogen) atoms. The van der Waals surface area contributed by atoms with Gasteiger partial charge in [0.2, 0.25) is 0 Å². The van der Waals surface area contributed by atoms with Crippen LogP contribution in [0.1, 0.15) is 44.4 Å². The summed E-state index contributed by atoms with van der Waals surface area (Å²) in [6, 6.07) is 21.6. The number of esters is 1. The average Bonchev–Trinajstić information content (AvgIpc) is 3.46. The zero-order valence-electron chi connectivity index (χ0n) is 19.3. The average molecular weight is 492 g/mol. The number of ether oxygens (including phenoxy) is 1. The number of carbonyl (C=O) groups is 1. The molecule has 0 amide bonds. The van der Waals surface area contributed by atoms with Crippen LogP contribution in [0.5, 0.6) is 0 Å². The zero-order chi connectivity index (χ0) is 23.5. The molecule has 5 rings (SSSR count). The lowest BCUT2D eigenvalue weighted by Gasteiger charge is -2.40. The van der Waals surface area contributed by atoms with Crippen LogP contribution < -0.4 is 5.32 Å². The van der Waals surface area contributed by atoms with Gasteiger partial charge in [-0.15, -0.1) is 11.3 Å². The molecule has 0 spiro atoms. The summed E-state index contributed by atoms with van der Waals surface area (Å²) in [7, 11) is 1.44. The summed E-state index contributed by atoms with van der Waals surface area (Å²) in [6.45, 7) is 3.48. The van der Waals surface area contributed by atoms with Gasteiger partial charge >= 0.3 is 5.97 Å². The van der Waals surface area contributed by atoms with Gasteiger partial charge in [-0.3, -0.25) is 4.90 Å². The van der Waals surface area contributed by atoms with Gasteiger partial charge in [0.1, 0.15) is 5.00 Å². The highest BCUT2D eigenvalue weighted by Gasteiger charge is 2.30. The van der Waals surface area contributed by atoms with Crippen molar-refractivity contribution in [1.29, 1.82) is 0 Å². The van der Waals surface area contributed by atoms with Crippen LogP contribution in [0, 0.1) is 0 Å². The maximum atomic E-state index is 12.5. The third-order valence-electron chi connectivity index (χ3n) is 6.73. The topological polar surface area (TPSA) is 44.8 Å². The van der Waals surface area contributed by atoms with Crippen LogP contribution in [0.2, 0.25) is 0 Å². The van der Waals surface area contributed by atoms with Crippen molar-refractivity contribution in [2.24, 2.45) is 0 Å². The molecule has 1 fully saturated rings. The second-order valence-corrected chi connectivity index (χ2v) is 10.2. The molecule has 3 aromatic rings. The standard InChI is InChI=1S/C27H29N3O2S2/c1-32-26(31)23-21-13-8-14-22(21)34-25(23)28-27(33)30-17-15-29(16-18-30)24(19-9-4-2-5-10-19)20-11-6-3-7-12-20/h2-7,9-12,24H,8,13-18H2,1H3,(H,28,33). The Kier molecular flexibility index (Phi) is 6.94. The Morgan fingerprint density at radius 1 is 0.971 bits per heavy atom. The Hall–Kier alpha value is -2.74. The quantitative estimate of drug-likeness (QED) is 0.395. The van der Waals surface area contributed by atoms with Crippen molar-refractivity contribution < 1.29 is 9.53 Å². The van der Waals surface area contributed by atoms with E-state index in [-0.39, 0.29) is 12.0 Å².